The third-order valence-corrected chi connectivity index (χ3v) is 6.35. The van der Waals surface area contributed by atoms with E-state index in [1.807, 2.05) is 23.1 Å². The van der Waals surface area contributed by atoms with Crippen LogP contribution in [-0.2, 0) is 11.2 Å². The molecule has 0 unspecified atom stereocenters. The number of aromatic nitrogens is 2. The van der Waals surface area contributed by atoms with Crippen molar-refractivity contribution in [1.82, 2.24) is 19.2 Å². The molecule has 7 nitrogen and oxygen atoms in total. The number of anilines is 1. The highest BCUT2D eigenvalue weighted by Gasteiger charge is 2.22. The van der Waals surface area contributed by atoms with Crippen molar-refractivity contribution in [2.75, 3.05) is 51.3 Å². The minimum absolute atomic E-state index is 0.234. The minimum Gasteiger partial charge on any atom is -0.497 e. The van der Waals surface area contributed by atoms with Crippen molar-refractivity contribution in [3.8, 4) is 5.75 Å². The average Bonchev–Trinajstić information content (AvgIpc) is 3.21. The van der Waals surface area contributed by atoms with Crippen LogP contribution in [0.4, 0.5) is 5.13 Å². The van der Waals surface area contributed by atoms with Crippen LogP contribution in [0.25, 0.3) is 0 Å². The summed E-state index contributed by atoms with van der Waals surface area (Å²) in [5.41, 5.74) is 1.12. The van der Waals surface area contributed by atoms with Gasteiger partial charge in [-0.3, -0.25) is 4.79 Å². The highest BCUT2D eigenvalue weighted by atomic mass is 32.1. The van der Waals surface area contributed by atoms with Crippen LogP contribution in [0.1, 0.15) is 38.6 Å². The summed E-state index contributed by atoms with van der Waals surface area (Å²) in [4.78, 5) is 24.0. The zero-order valence-electron chi connectivity index (χ0n) is 18.5. The second-order valence-corrected chi connectivity index (χ2v) is 8.60. The molecule has 0 atom stereocenters. The topological polar surface area (TPSA) is 61.8 Å². The first-order chi connectivity index (χ1) is 14.5. The van der Waals surface area contributed by atoms with E-state index < -0.39 is 0 Å². The Hall–Kier alpha value is -2.19. The smallest absolute Gasteiger partial charge is 0.224 e. The van der Waals surface area contributed by atoms with E-state index >= 15 is 0 Å². The van der Waals surface area contributed by atoms with Gasteiger partial charge in [-0.15, -0.1) is 0 Å². The molecule has 2 aromatic rings. The van der Waals surface area contributed by atoms with Crippen LogP contribution in [0.2, 0.25) is 0 Å². The number of nitrogens with zero attached hydrogens (tertiary/aromatic N) is 5. The molecule has 0 saturated carbocycles. The van der Waals surface area contributed by atoms with Crippen molar-refractivity contribution in [2.24, 2.45) is 0 Å². The summed E-state index contributed by atoms with van der Waals surface area (Å²) in [5, 5.41) is 0.881. The van der Waals surface area contributed by atoms with Crippen LogP contribution >= 0.6 is 11.5 Å². The van der Waals surface area contributed by atoms with E-state index in [9.17, 15) is 4.79 Å². The normalized spacial score (nSPS) is 14.9. The number of amides is 1. The molecule has 1 aromatic heterocycles. The predicted molar refractivity (Wildman–Crippen MR) is 122 cm³/mol. The fraction of sp³-hybridized carbons (Fsp3) is 0.591. The van der Waals surface area contributed by atoms with Gasteiger partial charge in [0.25, 0.3) is 0 Å². The molecule has 164 valence electrons. The van der Waals surface area contributed by atoms with Crippen molar-refractivity contribution in [3.63, 3.8) is 0 Å². The third kappa shape index (κ3) is 5.92. The van der Waals surface area contributed by atoms with Gasteiger partial charge in [-0.25, -0.2) is 4.98 Å². The van der Waals surface area contributed by atoms with E-state index in [0.717, 1.165) is 55.0 Å². The molecule has 3 rings (SSSR count). The van der Waals surface area contributed by atoms with E-state index in [2.05, 4.69) is 41.0 Å². The zero-order valence-corrected chi connectivity index (χ0v) is 19.3. The Morgan fingerprint density at radius 3 is 2.70 bits per heavy atom. The van der Waals surface area contributed by atoms with Gasteiger partial charge < -0.3 is 19.4 Å². The Kier molecular flexibility index (Phi) is 8.04. The Morgan fingerprint density at radius 1 is 1.27 bits per heavy atom. The number of likely N-dealkylation sites (N-methyl/N-ethyl adjacent to an activating group) is 1. The highest BCUT2D eigenvalue weighted by Crippen LogP contribution is 2.23. The lowest BCUT2D eigenvalue weighted by Gasteiger charge is -2.34. The fourth-order valence-electron chi connectivity index (χ4n) is 3.66. The summed E-state index contributed by atoms with van der Waals surface area (Å²) in [6, 6.07) is 8.24. The first-order valence-electron chi connectivity index (χ1n) is 10.7. The van der Waals surface area contributed by atoms with Gasteiger partial charge in [0, 0.05) is 63.1 Å². The number of piperazine rings is 1. The number of carbonyl (C=O) groups is 1. The van der Waals surface area contributed by atoms with Gasteiger partial charge >= 0.3 is 0 Å². The van der Waals surface area contributed by atoms with Gasteiger partial charge in [0.2, 0.25) is 11.0 Å². The quantitative estimate of drug-likeness (QED) is 0.608. The molecule has 1 amide bonds. The van der Waals surface area contributed by atoms with Gasteiger partial charge in [-0.1, -0.05) is 19.1 Å². The molecule has 0 spiro atoms. The van der Waals surface area contributed by atoms with Gasteiger partial charge in [0.1, 0.15) is 11.6 Å². The lowest BCUT2D eigenvalue weighted by molar-refractivity contribution is -0.132. The number of methoxy groups -OCH3 is 1. The molecule has 2 heterocycles. The zero-order chi connectivity index (χ0) is 21.5. The molecule has 30 heavy (non-hydrogen) atoms. The monoisotopic (exact) mass is 431 g/mol. The summed E-state index contributed by atoms with van der Waals surface area (Å²) >= 11 is 1.41. The Morgan fingerprint density at radius 2 is 2.03 bits per heavy atom. The molecule has 1 aliphatic rings. The maximum absolute atomic E-state index is 12.7. The van der Waals surface area contributed by atoms with E-state index in [0.29, 0.717) is 19.4 Å². The van der Waals surface area contributed by atoms with Crippen molar-refractivity contribution in [3.05, 3.63) is 35.7 Å². The molecule has 0 radical (unpaired) electrons. The Bertz CT molecular complexity index is 817. The van der Waals surface area contributed by atoms with Crippen molar-refractivity contribution in [1.29, 1.82) is 0 Å². The second-order valence-electron chi connectivity index (χ2n) is 7.87. The molecule has 0 aliphatic carbocycles. The van der Waals surface area contributed by atoms with E-state index in [4.69, 9.17) is 9.72 Å². The van der Waals surface area contributed by atoms with Crippen LogP contribution in [0, 0.1) is 0 Å². The van der Waals surface area contributed by atoms with Gasteiger partial charge in [0.15, 0.2) is 0 Å². The van der Waals surface area contributed by atoms with Crippen LogP contribution in [0.3, 0.4) is 0 Å². The van der Waals surface area contributed by atoms with Crippen LogP contribution in [0.5, 0.6) is 5.75 Å². The standard InChI is InChI=1S/C22H33N5O2S/c1-5-25-11-13-26(14-12-25)21(28)9-10-27(17(2)3)22-23-20(24-30-22)16-18-7-6-8-19(15-18)29-4/h6-8,15,17H,5,9-14,16H2,1-4H3. The van der Waals surface area contributed by atoms with Crippen molar-refractivity contribution < 1.29 is 9.53 Å². The molecule has 0 bridgehead atoms. The van der Waals surface area contributed by atoms with Gasteiger partial charge in [0.05, 0.1) is 7.11 Å². The first kappa shape index (κ1) is 22.5. The van der Waals surface area contributed by atoms with Crippen molar-refractivity contribution >= 4 is 22.6 Å². The number of benzene rings is 1. The molecule has 1 fully saturated rings. The molecular weight excluding hydrogens is 398 g/mol. The van der Waals surface area contributed by atoms with Crippen LogP contribution < -0.4 is 9.64 Å². The molecule has 8 heteroatoms. The van der Waals surface area contributed by atoms with Gasteiger partial charge in [-0.05, 0) is 38.1 Å². The number of carbonyl (C=O) groups excluding carboxylic acids is 1. The van der Waals surface area contributed by atoms with Crippen LogP contribution in [-0.4, -0.2) is 77.5 Å². The summed E-state index contributed by atoms with van der Waals surface area (Å²) in [6.45, 7) is 11.8. The predicted octanol–water partition coefficient (Wildman–Crippen LogP) is 2.91. The van der Waals surface area contributed by atoms with E-state index in [1.165, 1.54) is 11.5 Å². The highest BCUT2D eigenvalue weighted by molar-refractivity contribution is 7.09. The summed E-state index contributed by atoms with van der Waals surface area (Å²) in [6.07, 6.45) is 1.18. The lowest BCUT2D eigenvalue weighted by Crippen LogP contribution is -2.49. The maximum Gasteiger partial charge on any atom is 0.224 e. The first-order valence-corrected chi connectivity index (χ1v) is 11.5. The van der Waals surface area contributed by atoms with Gasteiger partial charge in [-0.2, -0.15) is 4.37 Å². The number of rotatable bonds is 9. The van der Waals surface area contributed by atoms with E-state index in [-0.39, 0.29) is 11.9 Å². The fourth-order valence-corrected chi connectivity index (χ4v) is 4.51. The lowest BCUT2D eigenvalue weighted by atomic mass is 10.1. The molecule has 1 saturated heterocycles. The second kappa shape index (κ2) is 10.7. The molecule has 1 aliphatic heterocycles. The number of ether oxygens (including phenoxy) is 1. The Balaban J connectivity index is 1.58. The summed E-state index contributed by atoms with van der Waals surface area (Å²) < 4.78 is 9.85. The SMILES string of the molecule is CCN1CCN(C(=O)CCN(c2nc(Cc3cccc(OC)c3)ns2)C(C)C)CC1. The maximum atomic E-state index is 12.7. The summed E-state index contributed by atoms with van der Waals surface area (Å²) in [5.74, 6) is 1.87. The van der Waals surface area contributed by atoms with Crippen LogP contribution in [0.15, 0.2) is 24.3 Å². The largest absolute Gasteiger partial charge is 0.497 e. The number of hydrogen-bond acceptors (Lipinski definition) is 7. The van der Waals surface area contributed by atoms with Crippen molar-refractivity contribution in [2.45, 2.75) is 39.7 Å². The number of hydrogen-bond donors (Lipinski definition) is 0. The summed E-state index contributed by atoms with van der Waals surface area (Å²) in [7, 11) is 1.67. The molecular formula is C22H33N5O2S. The third-order valence-electron chi connectivity index (χ3n) is 5.56. The Labute approximate surface area is 183 Å². The molecule has 0 N–H and O–H groups in total. The minimum atomic E-state index is 0.234. The average molecular weight is 432 g/mol. The van der Waals surface area contributed by atoms with E-state index in [1.54, 1.807) is 7.11 Å². The molecule has 1 aromatic carbocycles.